The Morgan fingerprint density at radius 3 is 2.57 bits per heavy atom. The van der Waals surface area contributed by atoms with Gasteiger partial charge < -0.3 is 13.9 Å². The van der Waals surface area contributed by atoms with E-state index < -0.39 is 5.97 Å². The zero-order valence-corrected chi connectivity index (χ0v) is 13.1. The average Bonchev–Trinajstić information content (AvgIpc) is 2.91. The molecule has 1 heterocycles. The fourth-order valence-electron chi connectivity index (χ4n) is 1.75. The molecule has 2 aromatic rings. The van der Waals surface area contributed by atoms with Gasteiger partial charge in [0, 0.05) is 11.1 Å². The summed E-state index contributed by atoms with van der Waals surface area (Å²) >= 11 is 3.11. The third kappa shape index (κ3) is 3.72. The van der Waals surface area contributed by atoms with Gasteiger partial charge in [0.1, 0.15) is 12.4 Å². The number of esters is 1. The molecule has 0 N–H and O–H groups in total. The van der Waals surface area contributed by atoms with Gasteiger partial charge in [-0.15, -0.1) is 0 Å². The van der Waals surface area contributed by atoms with Gasteiger partial charge in [-0.25, -0.2) is 4.79 Å². The SMILES string of the molecule is COc1ccc(C(C)=O)cc1COC(=O)c1ccc(Br)o1. The number of methoxy groups -OCH3 is 1. The lowest BCUT2D eigenvalue weighted by Crippen LogP contribution is -2.06. The van der Waals surface area contributed by atoms with Gasteiger partial charge in [0.05, 0.1) is 7.11 Å². The summed E-state index contributed by atoms with van der Waals surface area (Å²) in [7, 11) is 1.51. The summed E-state index contributed by atoms with van der Waals surface area (Å²) in [5.41, 5.74) is 1.15. The first-order valence-electron chi connectivity index (χ1n) is 6.11. The number of ketones is 1. The number of carbonyl (C=O) groups is 2. The molecule has 2 rings (SSSR count). The van der Waals surface area contributed by atoms with Gasteiger partial charge in [-0.3, -0.25) is 4.79 Å². The van der Waals surface area contributed by atoms with Crippen molar-refractivity contribution in [1.82, 2.24) is 0 Å². The van der Waals surface area contributed by atoms with Crippen molar-refractivity contribution < 1.29 is 23.5 Å². The van der Waals surface area contributed by atoms with E-state index in [9.17, 15) is 9.59 Å². The molecule has 1 aromatic heterocycles. The van der Waals surface area contributed by atoms with E-state index >= 15 is 0 Å². The zero-order chi connectivity index (χ0) is 15.4. The van der Waals surface area contributed by atoms with Crippen molar-refractivity contribution in [3.63, 3.8) is 0 Å². The van der Waals surface area contributed by atoms with Crippen LogP contribution in [0.3, 0.4) is 0 Å². The monoisotopic (exact) mass is 352 g/mol. The molecule has 6 heteroatoms. The molecule has 0 fully saturated rings. The molecule has 0 amide bonds. The van der Waals surface area contributed by atoms with Crippen LogP contribution in [-0.4, -0.2) is 18.9 Å². The predicted octanol–water partition coefficient (Wildman–Crippen LogP) is 3.61. The molecule has 1 aromatic carbocycles. The van der Waals surface area contributed by atoms with Crippen LogP contribution >= 0.6 is 15.9 Å². The Bertz CT molecular complexity index is 674. The maximum Gasteiger partial charge on any atom is 0.374 e. The van der Waals surface area contributed by atoms with Crippen molar-refractivity contribution in [2.24, 2.45) is 0 Å². The van der Waals surface area contributed by atoms with Crippen LogP contribution in [0.15, 0.2) is 39.4 Å². The van der Waals surface area contributed by atoms with E-state index in [4.69, 9.17) is 13.9 Å². The summed E-state index contributed by atoms with van der Waals surface area (Å²) in [5, 5.41) is 0. The van der Waals surface area contributed by atoms with Crippen LogP contribution < -0.4 is 4.74 Å². The third-order valence-corrected chi connectivity index (χ3v) is 3.25. The molecule has 0 radical (unpaired) electrons. The summed E-state index contributed by atoms with van der Waals surface area (Å²) < 4.78 is 15.9. The normalized spacial score (nSPS) is 10.2. The minimum Gasteiger partial charge on any atom is -0.496 e. The fourth-order valence-corrected chi connectivity index (χ4v) is 2.06. The highest BCUT2D eigenvalue weighted by Crippen LogP contribution is 2.22. The minimum atomic E-state index is -0.587. The van der Waals surface area contributed by atoms with Gasteiger partial charge >= 0.3 is 5.97 Å². The Morgan fingerprint density at radius 1 is 1.24 bits per heavy atom. The summed E-state index contributed by atoms with van der Waals surface area (Å²) in [6.07, 6.45) is 0. The van der Waals surface area contributed by atoms with E-state index in [1.54, 1.807) is 24.3 Å². The summed E-state index contributed by atoms with van der Waals surface area (Å²) in [5.74, 6) is -0.00633. The van der Waals surface area contributed by atoms with Crippen molar-refractivity contribution in [1.29, 1.82) is 0 Å². The molecule has 0 aliphatic heterocycles. The Labute approximate surface area is 130 Å². The van der Waals surface area contributed by atoms with Crippen LogP contribution in [0.1, 0.15) is 33.4 Å². The van der Waals surface area contributed by atoms with Crippen LogP contribution in [0, 0.1) is 0 Å². The number of Topliss-reactive ketones (excluding diaryl/α,β-unsaturated/α-hetero) is 1. The molecule has 21 heavy (non-hydrogen) atoms. The van der Waals surface area contributed by atoms with Crippen LogP contribution in [0.5, 0.6) is 5.75 Å². The minimum absolute atomic E-state index is 0.0125. The molecule has 5 nitrogen and oxygen atoms in total. The van der Waals surface area contributed by atoms with Gasteiger partial charge in [0.15, 0.2) is 10.5 Å². The standard InChI is InChI=1S/C15H13BrO5/c1-9(17)10-3-4-12(19-2)11(7-10)8-20-15(18)13-5-6-14(16)21-13/h3-7H,8H2,1-2H3. The van der Waals surface area contributed by atoms with Crippen molar-refractivity contribution in [2.75, 3.05) is 7.11 Å². The molecule has 0 atom stereocenters. The maximum absolute atomic E-state index is 11.8. The number of benzene rings is 1. The number of furan rings is 1. The molecular weight excluding hydrogens is 340 g/mol. The summed E-state index contributed by atoms with van der Waals surface area (Å²) in [4.78, 5) is 23.2. The largest absolute Gasteiger partial charge is 0.496 e. The lowest BCUT2D eigenvalue weighted by atomic mass is 10.1. The number of ether oxygens (including phenoxy) is 2. The van der Waals surface area contributed by atoms with Gasteiger partial charge in [-0.05, 0) is 53.2 Å². The molecule has 0 aliphatic carbocycles. The lowest BCUT2D eigenvalue weighted by Gasteiger charge is -2.10. The zero-order valence-electron chi connectivity index (χ0n) is 11.5. The first kappa shape index (κ1) is 15.3. The Kier molecular flexibility index (Phi) is 4.80. The number of hydrogen-bond donors (Lipinski definition) is 0. The molecule has 0 spiro atoms. The van der Waals surface area contributed by atoms with Crippen LogP contribution in [-0.2, 0) is 11.3 Å². The third-order valence-electron chi connectivity index (χ3n) is 2.82. The molecule has 0 saturated carbocycles. The first-order chi connectivity index (χ1) is 10.0. The lowest BCUT2D eigenvalue weighted by molar-refractivity contribution is 0.0432. The van der Waals surface area contributed by atoms with Gasteiger partial charge in [0.2, 0.25) is 5.76 Å². The van der Waals surface area contributed by atoms with Crippen molar-refractivity contribution in [2.45, 2.75) is 13.5 Å². The topological polar surface area (TPSA) is 65.7 Å². The molecular formula is C15H13BrO5. The van der Waals surface area contributed by atoms with Gasteiger partial charge in [-0.1, -0.05) is 0 Å². The molecule has 0 bridgehead atoms. The summed E-state index contributed by atoms with van der Waals surface area (Å²) in [6, 6.07) is 8.09. The Hall–Kier alpha value is -2.08. The number of hydrogen-bond acceptors (Lipinski definition) is 5. The molecule has 0 saturated heterocycles. The van der Waals surface area contributed by atoms with Gasteiger partial charge in [-0.2, -0.15) is 0 Å². The molecule has 0 aliphatic rings. The highest BCUT2D eigenvalue weighted by atomic mass is 79.9. The van der Waals surface area contributed by atoms with Crippen LogP contribution in [0.25, 0.3) is 0 Å². The molecule has 110 valence electrons. The quantitative estimate of drug-likeness (QED) is 0.607. The van der Waals surface area contributed by atoms with E-state index in [-0.39, 0.29) is 18.2 Å². The second-order valence-corrected chi connectivity index (χ2v) is 5.04. The predicted molar refractivity (Wildman–Crippen MR) is 78.5 cm³/mol. The van der Waals surface area contributed by atoms with E-state index in [2.05, 4.69) is 15.9 Å². The number of carbonyl (C=O) groups excluding carboxylic acids is 2. The second-order valence-electron chi connectivity index (χ2n) is 4.26. The fraction of sp³-hybridized carbons (Fsp3) is 0.200. The van der Waals surface area contributed by atoms with Crippen LogP contribution in [0.2, 0.25) is 0 Å². The van der Waals surface area contributed by atoms with E-state index in [0.29, 0.717) is 21.5 Å². The second kappa shape index (κ2) is 6.58. The highest BCUT2D eigenvalue weighted by molar-refractivity contribution is 9.10. The Balaban J connectivity index is 2.13. The van der Waals surface area contributed by atoms with Crippen molar-refractivity contribution in [3.8, 4) is 5.75 Å². The van der Waals surface area contributed by atoms with Crippen LogP contribution in [0.4, 0.5) is 0 Å². The van der Waals surface area contributed by atoms with E-state index in [1.165, 1.54) is 20.1 Å². The smallest absolute Gasteiger partial charge is 0.374 e. The summed E-state index contributed by atoms with van der Waals surface area (Å²) in [6.45, 7) is 1.46. The van der Waals surface area contributed by atoms with Crippen molar-refractivity contribution >= 4 is 27.7 Å². The number of halogens is 1. The van der Waals surface area contributed by atoms with E-state index in [0.717, 1.165) is 0 Å². The maximum atomic E-state index is 11.8. The highest BCUT2D eigenvalue weighted by Gasteiger charge is 2.14. The van der Waals surface area contributed by atoms with E-state index in [1.807, 2.05) is 0 Å². The van der Waals surface area contributed by atoms with Gasteiger partial charge in [0.25, 0.3) is 0 Å². The number of rotatable bonds is 5. The Morgan fingerprint density at radius 2 is 2.00 bits per heavy atom. The van der Waals surface area contributed by atoms with Crippen molar-refractivity contribution in [3.05, 3.63) is 51.9 Å². The molecule has 0 unspecified atom stereocenters. The average molecular weight is 353 g/mol. The first-order valence-corrected chi connectivity index (χ1v) is 6.91.